The van der Waals surface area contributed by atoms with Gasteiger partial charge in [0, 0.05) is 27.1 Å². The number of guanidine groups is 1. The summed E-state index contributed by atoms with van der Waals surface area (Å²) in [6.45, 7) is 2.26. The fraction of sp³-hybridized carbons (Fsp3) is 0.500. The minimum Gasteiger partial charge on any atom is -0.369 e. The maximum Gasteiger partial charge on any atom is 0.236 e. The number of carbonyl (C=O) groups is 2. The van der Waals surface area contributed by atoms with Crippen molar-refractivity contribution in [2.24, 2.45) is 16.6 Å². The van der Waals surface area contributed by atoms with Crippen LogP contribution in [0.1, 0.15) is 6.92 Å². The van der Waals surface area contributed by atoms with Gasteiger partial charge in [0.2, 0.25) is 11.8 Å². The molecule has 0 bridgehead atoms. The SMILES string of the molecule is CC(=O)N1CC2C(=O)N(C)C(N)=NC2(C2C#CC=CS2)C1. The summed E-state index contributed by atoms with van der Waals surface area (Å²) in [5.74, 6) is 5.71. The lowest BCUT2D eigenvalue weighted by molar-refractivity contribution is -0.132. The Morgan fingerprint density at radius 1 is 1.62 bits per heavy atom. The molecule has 3 atom stereocenters. The van der Waals surface area contributed by atoms with E-state index in [-0.39, 0.29) is 23.0 Å². The molecule has 3 heterocycles. The van der Waals surface area contributed by atoms with Crippen molar-refractivity contribution in [3.8, 4) is 11.8 Å². The first-order valence-corrected chi connectivity index (χ1v) is 7.60. The van der Waals surface area contributed by atoms with Crippen LogP contribution in [-0.4, -0.2) is 58.5 Å². The van der Waals surface area contributed by atoms with Crippen LogP contribution in [0, 0.1) is 17.8 Å². The van der Waals surface area contributed by atoms with E-state index in [0.717, 1.165) is 0 Å². The van der Waals surface area contributed by atoms with Crippen molar-refractivity contribution in [2.45, 2.75) is 17.7 Å². The molecule has 0 radical (unpaired) electrons. The van der Waals surface area contributed by atoms with Gasteiger partial charge in [-0.3, -0.25) is 14.5 Å². The van der Waals surface area contributed by atoms with Crippen LogP contribution in [0.15, 0.2) is 16.5 Å². The second-order valence-corrected chi connectivity index (χ2v) is 6.43. The van der Waals surface area contributed by atoms with Gasteiger partial charge in [0.15, 0.2) is 5.96 Å². The Hall–Kier alpha value is -1.94. The zero-order chi connectivity index (χ0) is 15.2. The number of amides is 2. The van der Waals surface area contributed by atoms with E-state index in [1.807, 2.05) is 5.41 Å². The number of thioether (sulfide) groups is 1. The number of nitrogens with zero attached hydrogens (tertiary/aromatic N) is 3. The summed E-state index contributed by atoms with van der Waals surface area (Å²) in [4.78, 5) is 32.0. The molecule has 1 saturated heterocycles. The number of likely N-dealkylation sites (tertiary alicyclic amines) is 1. The summed E-state index contributed by atoms with van der Waals surface area (Å²) < 4.78 is 0. The number of aliphatic imine (C=N–C) groups is 1. The number of rotatable bonds is 1. The maximum absolute atomic E-state index is 12.6. The summed E-state index contributed by atoms with van der Waals surface area (Å²) in [5, 5.41) is 1.73. The maximum atomic E-state index is 12.6. The highest BCUT2D eigenvalue weighted by molar-refractivity contribution is 8.03. The highest BCUT2D eigenvalue weighted by Gasteiger charge is 2.58. The quantitative estimate of drug-likeness (QED) is 0.670. The Morgan fingerprint density at radius 3 is 3.00 bits per heavy atom. The fourth-order valence-electron chi connectivity index (χ4n) is 3.02. The monoisotopic (exact) mass is 304 g/mol. The summed E-state index contributed by atoms with van der Waals surface area (Å²) in [7, 11) is 1.61. The van der Waals surface area contributed by atoms with E-state index in [1.54, 1.807) is 18.0 Å². The number of fused-ring (bicyclic) bond motifs is 1. The summed E-state index contributed by atoms with van der Waals surface area (Å²) in [6, 6.07) is 0. The number of hydrogen-bond donors (Lipinski definition) is 1. The van der Waals surface area contributed by atoms with Gasteiger partial charge in [0.05, 0.1) is 11.2 Å². The minimum atomic E-state index is -0.748. The molecule has 0 saturated carbocycles. The van der Waals surface area contributed by atoms with Gasteiger partial charge < -0.3 is 10.6 Å². The van der Waals surface area contributed by atoms with Crippen LogP contribution in [0.5, 0.6) is 0 Å². The van der Waals surface area contributed by atoms with E-state index >= 15 is 0 Å². The van der Waals surface area contributed by atoms with E-state index in [2.05, 4.69) is 16.8 Å². The molecule has 3 rings (SSSR count). The Bertz CT molecular complexity index is 633. The molecular weight excluding hydrogens is 288 g/mol. The molecule has 6 nitrogen and oxygen atoms in total. The van der Waals surface area contributed by atoms with Crippen molar-refractivity contribution in [3.63, 3.8) is 0 Å². The number of nitrogens with two attached hydrogens (primary N) is 1. The summed E-state index contributed by atoms with van der Waals surface area (Å²) in [6.07, 6.45) is 1.77. The van der Waals surface area contributed by atoms with Gasteiger partial charge in [-0.25, -0.2) is 4.99 Å². The molecule has 110 valence electrons. The molecule has 3 unspecified atom stereocenters. The van der Waals surface area contributed by atoms with Gasteiger partial charge in [-0.05, 0) is 11.5 Å². The van der Waals surface area contributed by atoms with E-state index in [4.69, 9.17) is 5.73 Å². The molecule has 0 aromatic rings. The number of allylic oxidation sites excluding steroid dienone is 1. The molecule has 0 aliphatic carbocycles. The molecule has 7 heteroatoms. The summed E-state index contributed by atoms with van der Waals surface area (Å²) >= 11 is 1.53. The van der Waals surface area contributed by atoms with Gasteiger partial charge in [-0.2, -0.15) is 0 Å². The minimum absolute atomic E-state index is 0.0580. The molecule has 3 aliphatic rings. The predicted octanol–water partition coefficient (Wildman–Crippen LogP) is -0.377. The Morgan fingerprint density at radius 2 is 2.38 bits per heavy atom. The van der Waals surface area contributed by atoms with Crippen LogP contribution >= 0.6 is 11.8 Å². The molecule has 21 heavy (non-hydrogen) atoms. The second kappa shape index (κ2) is 4.81. The topological polar surface area (TPSA) is 79.0 Å². The average Bonchev–Trinajstić information content (AvgIpc) is 2.87. The highest BCUT2D eigenvalue weighted by Crippen LogP contribution is 2.43. The summed E-state index contributed by atoms with van der Waals surface area (Å²) in [5.41, 5.74) is 5.17. The van der Waals surface area contributed by atoms with E-state index in [9.17, 15) is 9.59 Å². The molecule has 2 N–H and O–H groups in total. The van der Waals surface area contributed by atoms with E-state index < -0.39 is 11.5 Å². The van der Waals surface area contributed by atoms with Crippen molar-refractivity contribution >= 4 is 29.5 Å². The van der Waals surface area contributed by atoms with Gasteiger partial charge in [0.1, 0.15) is 5.54 Å². The first-order valence-electron chi connectivity index (χ1n) is 6.65. The molecule has 3 aliphatic heterocycles. The Balaban J connectivity index is 2.08. The Labute approximate surface area is 127 Å². The lowest BCUT2D eigenvalue weighted by atomic mass is 9.82. The average molecular weight is 304 g/mol. The van der Waals surface area contributed by atoms with Crippen molar-refractivity contribution in [2.75, 3.05) is 20.1 Å². The molecule has 1 fully saturated rings. The van der Waals surface area contributed by atoms with Crippen LogP contribution in [0.25, 0.3) is 0 Å². The standard InChI is InChI=1S/C14H16N4O2S/c1-9(19)18-7-10-12(20)17(2)13(15)16-14(10,8-18)11-5-3-4-6-21-11/h4,6,10-11H,7-8H2,1-2H3,(H2,15,16). The van der Waals surface area contributed by atoms with Gasteiger partial charge in [-0.1, -0.05) is 11.8 Å². The van der Waals surface area contributed by atoms with Crippen LogP contribution < -0.4 is 5.73 Å². The normalized spacial score (nSPS) is 34.2. The lowest BCUT2D eigenvalue weighted by Crippen LogP contribution is -2.59. The van der Waals surface area contributed by atoms with Crippen molar-refractivity contribution in [3.05, 3.63) is 11.5 Å². The first-order chi connectivity index (χ1) is 9.95. The third-order valence-electron chi connectivity index (χ3n) is 4.23. The van der Waals surface area contributed by atoms with Crippen LogP contribution in [0.2, 0.25) is 0 Å². The molecular formula is C14H16N4O2S. The first kappa shape index (κ1) is 14.0. The number of hydrogen-bond acceptors (Lipinski definition) is 5. The van der Waals surface area contributed by atoms with Crippen LogP contribution in [0.4, 0.5) is 0 Å². The van der Waals surface area contributed by atoms with Crippen molar-refractivity contribution in [1.82, 2.24) is 9.80 Å². The Kier molecular flexibility index (Phi) is 3.21. The molecule has 0 aromatic carbocycles. The van der Waals surface area contributed by atoms with E-state index in [1.165, 1.54) is 23.6 Å². The van der Waals surface area contributed by atoms with Crippen LogP contribution in [-0.2, 0) is 9.59 Å². The van der Waals surface area contributed by atoms with Crippen molar-refractivity contribution < 1.29 is 9.59 Å². The fourth-order valence-corrected chi connectivity index (χ4v) is 3.98. The third kappa shape index (κ3) is 2.02. The molecule has 0 aromatic heterocycles. The second-order valence-electron chi connectivity index (χ2n) is 5.42. The zero-order valence-corrected chi connectivity index (χ0v) is 12.7. The number of carbonyl (C=O) groups excluding carboxylic acids is 2. The smallest absolute Gasteiger partial charge is 0.236 e. The lowest BCUT2D eigenvalue weighted by Gasteiger charge is -2.40. The molecule has 0 spiro atoms. The zero-order valence-electron chi connectivity index (χ0n) is 11.9. The van der Waals surface area contributed by atoms with Gasteiger partial charge in [-0.15, -0.1) is 11.8 Å². The van der Waals surface area contributed by atoms with Crippen molar-refractivity contribution in [1.29, 1.82) is 0 Å². The van der Waals surface area contributed by atoms with Gasteiger partial charge >= 0.3 is 0 Å². The molecule has 2 amide bonds. The van der Waals surface area contributed by atoms with Gasteiger partial charge in [0.25, 0.3) is 0 Å². The largest absolute Gasteiger partial charge is 0.369 e. The third-order valence-corrected chi connectivity index (χ3v) is 5.32. The van der Waals surface area contributed by atoms with Crippen LogP contribution in [0.3, 0.4) is 0 Å². The predicted molar refractivity (Wildman–Crippen MR) is 81.2 cm³/mol. The van der Waals surface area contributed by atoms with E-state index in [0.29, 0.717) is 13.1 Å². The highest BCUT2D eigenvalue weighted by atomic mass is 32.2.